The average Bonchev–Trinajstić information content (AvgIpc) is 3.35. The van der Waals surface area contributed by atoms with Gasteiger partial charge in [0.25, 0.3) is 0 Å². The zero-order chi connectivity index (χ0) is 18.6. The average molecular weight is 370 g/mol. The molecular weight excluding hydrogens is 357 g/mol. The lowest BCUT2D eigenvalue weighted by atomic mass is 9.80. The molecule has 4 heterocycles. The normalized spacial score (nSPS) is 20.0. The maximum Gasteiger partial charge on any atom is 0.449 e. The summed E-state index contributed by atoms with van der Waals surface area (Å²) in [4.78, 5) is 9.00. The highest BCUT2D eigenvalue weighted by Crippen LogP contribution is 2.49. The zero-order valence-electron chi connectivity index (χ0n) is 14.0. The topological polar surface area (TPSA) is 47.6 Å². The van der Waals surface area contributed by atoms with E-state index in [0.717, 1.165) is 28.6 Å². The number of ether oxygens (including phenoxy) is 1. The third kappa shape index (κ3) is 2.38. The predicted octanol–water partition coefficient (Wildman–Crippen LogP) is 4.68. The van der Waals surface area contributed by atoms with Gasteiger partial charge in [0.1, 0.15) is 29.2 Å². The molecule has 2 aliphatic heterocycles. The first-order chi connectivity index (χ1) is 13.0. The molecule has 1 aromatic carbocycles. The third-order valence-electron chi connectivity index (χ3n) is 4.97. The summed E-state index contributed by atoms with van der Waals surface area (Å²) in [7, 11) is 0. The molecule has 0 N–H and O–H groups in total. The van der Waals surface area contributed by atoms with Crippen LogP contribution in [-0.4, -0.2) is 17.8 Å². The van der Waals surface area contributed by atoms with Gasteiger partial charge in [-0.15, -0.1) is 0 Å². The Morgan fingerprint density at radius 2 is 1.93 bits per heavy atom. The molecule has 0 amide bonds. The summed E-state index contributed by atoms with van der Waals surface area (Å²) in [5.74, 6) is -0.191. The highest BCUT2D eigenvalue weighted by molar-refractivity contribution is 5.90. The van der Waals surface area contributed by atoms with Gasteiger partial charge in [0.05, 0.1) is 5.69 Å². The number of nitrogens with zero attached hydrogens (tertiary/aromatic N) is 2. The number of pyridine rings is 1. The van der Waals surface area contributed by atoms with Crippen molar-refractivity contribution in [3.05, 3.63) is 77.0 Å². The molecule has 2 aromatic heterocycles. The number of fused-ring (bicyclic) bond motifs is 4. The Kier molecular flexibility index (Phi) is 3.25. The molecule has 1 atom stereocenters. The summed E-state index contributed by atoms with van der Waals surface area (Å²) in [6, 6.07) is 11.8. The van der Waals surface area contributed by atoms with Crippen LogP contribution < -0.4 is 4.74 Å². The van der Waals surface area contributed by atoms with Crippen molar-refractivity contribution >= 4 is 11.9 Å². The van der Waals surface area contributed by atoms with Gasteiger partial charge in [-0.25, -0.2) is 0 Å². The number of hydrogen-bond acceptors (Lipinski definition) is 4. The minimum Gasteiger partial charge on any atom is -0.490 e. The van der Waals surface area contributed by atoms with Gasteiger partial charge in [-0.1, -0.05) is 18.2 Å². The Balaban J connectivity index is 1.53. The van der Waals surface area contributed by atoms with Crippen molar-refractivity contribution in [1.29, 1.82) is 0 Å². The van der Waals surface area contributed by atoms with Crippen LogP contribution in [0.15, 0.2) is 58.1 Å². The lowest BCUT2D eigenvalue weighted by Gasteiger charge is -2.19. The molecule has 2 aliphatic rings. The smallest absolute Gasteiger partial charge is 0.449 e. The second kappa shape index (κ2) is 5.45. The first-order valence-corrected chi connectivity index (χ1v) is 8.39. The molecule has 27 heavy (non-hydrogen) atoms. The first kappa shape index (κ1) is 16.1. The van der Waals surface area contributed by atoms with E-state index in [9.17, 15) is 13.2 Å². The number of benzene rings is 1. The van der Waals surface area contributed by atoms with E-state index in [1.54, 1.807) is 12.3 Å². The molecule has 3 aromatic rings. The summed E-state index contributed by atoms with van der Waals surface area (Å²) in [5.41, 5.74) is 2.81. The van der Waals surface area contributed by atoms with Crippen molar-refractivity contribution in [2.45, 2.75) is 18.0 Å². The van der Waals surface area contributed by atoms with E-state index in [1.165, 1.54) is 6.07 Å². The highest BCUT2D eigenvalue weighted by atomic mass is 19.4. The van der Waals surface area contributed by atoms with Crippen LogP contribution >= 0.6 is 0 Å². The van der Waals surface area contributed by atoms with Gasteiger partial charge in [0, 0.05) is 24.4 Å². The van der Waals surface area contributed by atoms with Gasteiger partial charge in [-0.05, 0) is 29.8 Å². The van der Waals surface area contributed by atoms with Crippen molar-refractivity contribution in [1.82, 2.24) is 4.98 Å². The van der Waals surface area contributed by atoms with E-state index in [0.29, 0.717) is 12.4 Å². The Bertz CT molecular complexity index is 1070. The summed E-state index contributed by atoms with van der Waals surface area (Å²) in [6.07, 6.45) is -0.819. The van der Waals surface area contributed by atoms with Gasteiger partial charge < -0.3 is 9.15 Å². The molecule has 5 rings (SSSR count). The first-order valence-electron chi connectivity index (χ1n) is 8.39. The van der Waals surface area contributed by atoms with E-state index in [2.05, 4.69) is 9.98 Å². The zero-order valence-corrected chi connectivity index (χ0v) is 14.0. The summed E-state index contributed by atoms with van der Waals surface area (Å²) < 4.78 is 49.2. The van der Waals surface area contributed by atoms with E-state index in [-0.39, 0.29) is 12.2 Å². The van der Waals surface area contributed by atoms with Crippen molar-refractivity contribution in [2.75, 3.05) is 6.61 Å². The largest absolute Gasteiger partial charge is 0.490 e. The number of aromatic nitrogens is 1. The standard InChI is InChI=1S/C20H13F3N2O2/c21-20(22,23)16-6-5-13(27-16)9-12-7-8-24-18-17(12)26-11-19(18)10-25-15-4-2-1-3-14(15)19/h1-8,10H,9,11H2. The summed E-state index contributed by atoms with van der Waals surface area (Å²) in [6.45, 7) is 0.360. The van der Waals surface area contributed by atoms with E-state index >= 15 is 0 Å². The predicted molar refractivity (Wildman–Crippen MR) is 91.6 cm³/mol. The third-order valence-corrected chi connectivity index (χ3v) is 4.97. The van der Waals surface area contributed by atoms with Crippen molar-refractivity contribution in [3.8, 4) is 5.75 Å². The molecule has 136 valence electrons. The maximum absolute atomic E-state index is 12.8. The van der Waals surface area contributed by atoms with Crippen LogP contribution in [-0.2, 0) is 18.0 Å². The number of halogens is 3. The second-order valence-electron chi connectivity index (χ2n) is 6.62. The van der Waals surface area contributed by atoms with Gasteiger partial charge >= 0.3 is 6.18 Å². The second-order valence-corrected chi connectivity index (χ2v) is 6.62. The molecule has 0 fully saturated rings. The van der Waals surface area contributed by atoms with Gasteiger partial charge in [-0.2, -0.15) is 13.2 Å². The number of alkyl halides is 3. The molecular formula is C20H13F3N2O2. The molecule has 0 radical (unpaired) electrons. The molecule has 4 nitrogen and oxygen atoms in total. The molecule has 0 aliphatic carbocycles. The molecule has 7 heteroatoms. The van der Waals surface area contributed by atoms with E-state index in [1.807, 2.05) is 30.5 Å². The number of hydrogen-bond donors (Lipinski definition) is 0. The summed E-state index contributed by atoms with van der Waals surface area (Å²) in [5, 5.41) is 0. The number of aliphatic imine (C=N–C) groups is 1. The Morgan fingerprint density at radius 3 is 2.74 bits per heavy atom. The van der Waals surface area contributed by atoms with Gasteiger partial charge in [-0.3, -0.25) is 9.98 Å². The molecule has 0 saturated heterocycles. The Hall–Kier alpha value is -3.09. The Labute approximate surface area is 152 Å². The van der Waals surface area contributed by atoms with Crippen molar-refractivity contribution in [3.63, 3.8) is 0 Å². The van der Waals surface area contributed by atoms with Gasteiger partial charge in [0.2, 0.25) is 5.76 Å². The fourth-order valence-electron chi connectivity index (χ4n) is 3.69. The monoisotopic (exact) mass is 370 g/mol. The Morgan fingerprint density at radius 1 is 1.07 bits per heavy atom. The van der Waals surface area contributed by atoms with Gasteiger partial charge in [0.15, 0.2) is 0 Å². The lowest BCUT2D eigenvalue weighted by molar-refractivity contribution is -0.153. The number of para-hydroxylation sites is 1. The fourth-order valence-corrected chi connectivity index (χ4v) is 3.69. The van der Waals surface area contributed by atoms with Crippen molar-refractivity contribution < 1.29 is 22.3 Å². The van der Waals surface area contributed by atoms with Crippen LogP contribution in [0.3, 0.4) is 0 Å². The quantitative estimate of drug-likeness (QED) is 0.658. The van der Waals surface area contributed by atoms with Crippen LogP contribution in [0, 0.1) is 0 Å². The van der Waals surface area contributed by atoms with Crippen LogP contribution in [0.5, 0.6) is 5.75 Å². The van der Waals surface area contributed by atoms with Crippen LogP contribution in [0.2, 0.25) is 0 Å². The lowest BCUT2D eigenvalue weighted by Crippen LogP contribution is -2.29. The minimum absolute atomic E-state index is 0.190. The summed E-state index contributed by atoms with van der Waals surface area (Å²) >= 11 is 0. The molecule has 0 saturated carbocycles. The SMILES string of the molecule is FC(F)(F)c1ccc(Cc2ccnc3c2OCC32C=Nc3ccccc32)o1. The highest BCUT2D eigenvalue weighted by Gasteiger charge is 2.47. The van der Waals surface area contributed by atoms with Crippen LogP contribution in [0.1, 0.15) is 28.3 Å². The molecule has 1 unspecified atom stereocenters. The molecule has 0 bridgehead atoms. The van der Waals surface area contributed by atoms with Crippen molar-refractivity contribution in [2.24, 2.45) is 4.99 Å². The minimum atomic E-state index is -4.50. The van der Waals surface area contributed by atoms with E-state index < -0.39 is 17.4 Å². The fraction of sp³-hybridized carbons (Fsp3) is 0.200. The number of rotatable bonds is 2. The van der Waals surface area contributed by atoms with Crippen LogP contribution in [0.4, 0.5) is 18.9 Å². The maximum atomic E-state index is 12.8. The number of furan rings is 1. The van der Waals surface area contributed by atoms with Crippen LogP contribution in [0.25, 0.3) is 0 Å². The molecule has 1 spiro atoms. The van der Waals surface area contributed by atoms with E-state index in [4.69, 9.17) is 9.15 Å².